The van der Waals surface area contributed by atoms with E-state index in [1.807, 2.05) is 37.3 Å². The van der Waals surface area contributed by atoms with Crippen molar-refractivity contribution in [2.24, 2.45) is 10.9 Å². The molecular formula is C24H21BrN2O3. The van der Waals surface area contributed by atoms with Gasteiger partial charge in [-0.3, -0.25) is 9.79 Å². The van der Waals surface area contributed by atoms with Crippen molar-refractivity contribution < 1.29 is 14.6 Å². The fourth-order valence-electron chi connectivity index (χ4n) is 4.48. The summed E-state index contributed by atoms with van der Waals surface area (Å²) in [6.07, 6.45) is 1.05. The van der Waals surface area contributed by atoms with Crippen LogP contribution in [0.1, 0.15) is 42.7 Å². The van der Waals surface area contributed by atoms with Gasteiger partial charge in [-0.25, -0.2) is 0 Å². The van der Waals surface area contributed by atoms with Crippen LogP contribution in [0.3, 0.4) is 0 Å². The number of rotatable bonds is 3. The first-order valence-electron chi connectivity index (χ1n) is 9.77. The fourth-order valence-corrected chi connectivity index (χ4v) is 4.94. The lowest BCUT2D eigenvalue weighted by atomic mass is 9.69. The first kappa shape index (κ1) is 20.4. The lowest BCUT2D eigenvalue weighted by molar-refractivity contribution is -0.116. The zero-order valence-electron chi connectivity index (χ0n) is 16.7. The molecule has 0 amide bonds. The Bertz CT molecular complexity index is 1120. The molecule has 2 aromatic rings. The smallest absolute Gasteiger partial charge is 0.172 e. The number of benzene rings is 2. The second-order valence-corrected chi connectivity index (χ2v) is 8.54. The summed E-state index contributed by atoms with van der Waals surface area (Å²) in [6, 6.07) is 15.8. The zero-order valence-corrected chi connectivity index (χ0v) is 18.3. The number of ketones is 1. The summed E-state index contributed by atoms with van der Waals surface area (Å²) in [5.74, 6) is -0.614. The standard InChI is InChI=1S/C24H21BrN2O3/c1-13-17(12-26)22(16-8-18(25)24(29)21(11-16)30-2)23-19(27-13)9-15(10-20(23)28)14-6-4-3-5-7-14/h3-8,11,15,17,22,29H,9-10H2,1-2H3/t15-,17?,22-/m0/s1. The first-order chi connectivity index (χ1) is 14.4. The van der Waals surface area contributed by atoms with Gasteiger partial charge in [-0.05, 0) is 58.5 Å². The third-order valence-electron chi connectivity index (χ3n) is 5.93. The van der Waals surface area contributed by atoms with Crippen LogP contribution in [0.15, 0.2) is 63.2 Å². The molecule has 1 N–H and O–H groups in total. The van der Waals surface area contributed by atoms with Gasteiger partial charge in [0, 0.05) is 29.3 Å². The van der Waals surface area contributed by atoms with Crippen LogP contribution in [0.2, 0.25) is 0 Å². The molecule has 0 radical (unpaired) electrons. The summed E-state index contributed by atoms with van der Waals surface area (Å²) < 4.78 is 5.76. The van der Waals surface area contributed by atoms with Crippen molar-refractivity contribution in [3.8, 4) is 17.6 Å². The molecule has 0 saturated carbocycles. The van der Waals surface area contributed by atoms with Crippen LogP contribution in [0.25, 0.3) is 0 Å². The third kappa shape index (κ3) is 3.44. The molecule has 30 heavy (non-hydrogen) atoms. The monoisotopic (exact) mass is 464 g/mol. The quantitative estimate of drug-likeness (QED) is 0.670. The van der Waals surface area contributed by atoms with Crippen molar-refractivity contribution in [2.45, 2.75) is 31.6 Å². The van der Waals surface area contributed by atoms with Crippen LogP contribution >= 0.6 is 15.9 Å². The molecule has 0 fully saturated rings. The Morgan fingerprint density at radius 3 is 2.60 bits per heavy atom. The van der Waals surface area contributed by atoms with E-state index < -0.39 is 11.8 Å². The highest BCUT2D eigenvalue weighted by Crippen LogP contribution is 2.48. The van der Waals surface area contributed by atoms with Crippen molar-refractivity contribution in [3.05, 3.63) is 69.3 Å². The molecule has 2 aromatic carbocycles. The Morgan fingerprint density at radius 2 is 1.93 bits per heavy atom. The summed E-state index contributed by atoms with van der Waals surface area (Å²) in [7, 11) is 1.47. The van der Waals surface area contributed by atoms with Crippen molar-refractivity contribution >= 4 is 27.4 Å². The lowest BCUT2D eigenvalue weighted by Crippen LogP contribution is -2.32. The number of phenols is 1. The third-order valence-corrected chi connectivity index (χ3v) is 6.53. The largest absolute Gasteiger partial charge is 0.503 e. The Balaban J connectivity index is 1.84. The van der Waals surface area contributed by atoms with Crippen molar-refractivity contribution in [1.82, 2.24) is 0 Å². The number of nitriles is 1. The maximum atomic E-state index is 13.3. The summed E-state index contributed by atoms with van der Waals surface area (Å²) in [6.45, 7) is 1.84. The topological polar surface area (TPSA) is 82.7 Å². The van der Waals surface area contributed by atoms with Gasteiger partial charge in [0.25, 0.3) is 0 Å². The minimum absolute atomic E-state index is 0.00993. The van der Waals surface area contributed by atoms with Gasteiger partial charge >= 0.3 is 0 Å². The molecule has 0 spiro atoms. The lowest BCUT2D eigenvalue weighted by Gasteiger charge is -2.35. The summed E-state index contributed by atoms with van der Waals surface area (Å²) in [4.78, 5) is 18.0. The molecular weight excluding hydrogens is 444 g/mol. The maximum Gasteiger partial charge on any atom is 0.172 e. The van der Waals surface area contributed by atoms with E-state index in [0.717, 1.165) is 16.8 Å². The molecule has 0 aromatic heterocycles. The number of halogens is 1. The average molecular weight is 465 g/mol. The van der Waals surface area contributed by atoms with E-state index in [1.165, 1.54) is 7.11 Å². The Morgan fingerprint density at radius 1 is 1.20 bits per heavy atom. The molecule has 1 heterocycles. The van der Waals surface area contributed by atoms with Gasteiger partial charge in [-0.1, -0.05) is 30.3 Å². The molecule has 3 atom stereocenters. The van der Waals surface area contributed by atoms with Crippen LogP contribution in [-0.2, 0) is 4.79 Å². The van der Waals surface area contributed by atoms with Crippen LogP contribution in [0, 0.1) is 17.2 Å². The first-order valence-corrected chi connectivity index (χ1v) is 10.6. The van der Waals surface area contributed by atoms with E-state index >= 15 is 0 Å². The average Bonchev–Trinajstić information content (AvgIpc) is 2.75. The zero-order chi connectivity index (χ0) is 21.4. The van der Waals surface area contributed by atoms with E-state index in [0.29, 0.717) is 34.3 Å². The van der Waals surface area contributed by atoms with Crippen LogP contribution < -0.4 is 4.74 Å². The van der Waals surface area contributed by atoms with Crippen LogP contribution in [-0.4, -0.2) is 23.7 Å². The Kier molecular flexibility index (Phi) is 5.48. The van der Waals surface area contributed by atoms with E-state index in [9.17, 15) is 15.2 Å². The van der Waals surface area contributed by atoms with Gasteiger partial charge in [-0.15, -0.1) is 0 Å². The molecule has 4 rings (SSSR count). The normalized spacial score (nSPS) is 23.5. The number of carbonyl (C=O) groups excluding carboxylic acids is 1. The Labute approximate surface area is 183 Å². The van der Waals surface area contributed by atoms with Crippen molar-refractivity contribution in [3.63, 3.8) is 0 Å². The number of nitrogens with zero attached hydrogens (tertiary/aromatic N) is 2. The summed E-state index contributed by atoms with van der Waals surface area (Å²) in [5, 5.41) is 20.1. The van der Waals surface area contributed by atoms with Gasteiger partial charge in [0.15, 0.2) is 17.3 Å². The van der Waals surface area contributed by atoms with E-state index in [-0.39, 0.29) is 17.5 Å². The number of hydrogen-bond donors (Lipinski definition) is 1. The molecule has 1 aliphatic heterocycles. The predicted molar refractivity (Wildman–Crippen MR) is 118 cm³/mol. The second-order valence-electron chi connectivity index (χ2n) is 7.69. The highest BCUT2D eigenvalue weighted by atomic mass is 79.9. The van der Waals surface area contributed by atoms with Crippen molar-refractivity contribution in [2.75, 3.05) is 7.11 Å². The molecule has 0 bridgehead atoms. The van der Waals surface area contributed by atoms with Crippen LogP contribution in [0.4, 0.5) is 0 Å². The number of hydrogen-bond acceptors (Lipinski definition) is 5. The van der Waals surface area contributed by atoms with Gasteiger partial charge in [0.05, 0.1) is 23.6 Å². The van der Waals surface area contributed by atoms with Gasteiger partial charge in [-0.2, -0.15) is 5.26 Å². The number of methoxy groups -OCH3 is 1. The van der Waals surface area contributed by atoms with E-state index in [4.69, 9.17) is 9.73 Å². The number of aromatic hydroxyl groups is 1. The minimum atomic E-state index is -0.554. The number of allylic oxidation sites excluding steroid dienone is 2. The number of phenolic OH excluding ortho intramolecular Hbond substituents is 1. The highest BCUT2D eigenvalue weighted by Gasteiger charge is 2.41. The van der Waals surface area contributed by atoms with Gasteiger partial charge < -0.3 is 9.84 Å². The molecule has 152 valence electrons. The second kappa shape index (κ2) is 8.08. The number of aliphatic imine (C=N–C) groups is 1. The number of Topliss-reactive ketones (excluding diaryl/α,β-unsaturated/α-hetero) is 1. The van der Waals surface area contributed by atoms with Crippen LogP contribution in [0.5, 0.6) is 11.5 Å². The molecule has 5 nitrogen and oxygen atoms in total. The summed E-state index contributed by atoms with van der Waals surface area (Å²) >= 11 is 3.36. The molecule has 2 aliphatic rings. The fraction of sp³-hybridized carbons (Fsp3) is 0.292. The Hall–Kier alpha value is -2.91. The predicted octanol–water partition coefficient (Wildman–Crippen LogP) is 5.26. The molecule has 1 unspecified atom stereocenters. The maximum absolute atomic E-state index is 13.3. The SMILES string of the molecule is COc1cc([C@@H]2C3=C(C[C@H](c4ccccc4)CC3=O)N=C(C)C2C#N)cc(Br)c1O. The number of ether oxygens (including phenoxy) is 1. The minimum Gasteiger partial charge on any atom is -0.503 e. The van der Waals surface area contributed by atoms with Crippen molar-refractivity contribution in [1.29, 1.82) is 5.26 Å². The van der Waals surface area contributed by atoms with E-state index in [2.05, 4.69) is 22.0 Å². The van der Waals surface area contributed by atoms with Gasteiger partial charge in [0.2, 0.25) is 0 Å². The molecule has 0 saturated heterocycles. The summed E-state index contributed by atoms with van der Waals surface area (Å²) in [5.41, 5.74) is 3.94. The van der Waals surface area contributed by atoms with Gasteiger partial charge in [0.1, 0.15) is 0 Å². The molecule has 6 heteroatoms. The highest BCUT2D eigenvalue weighted by molar-refractivity contribution is 9.10. The molecule has 1 aliphatic carbocycles. The van der Waals surface area contributed by atoms with E-state index in [1.54, 1.807) is 12.1 Å². The number of carbonyl (C=O) groups is 1.